The van der Waals surface area contributed by atoms with Crippen LogP contribution in [0.1, 0.15) is 33.6 Å². The molecule has 0 aliphatic rings. The van der Waals surface area contributed by atoms with E-state index in [0.717, 1.165) is 32.5 Å². The summed E-state index contributed by atoms with van der Waals surface area (Å²) in [7, 11) is 0. The van der Waals surface area contributed by atoms with E-state index in [-0.39, 0.29) is 31.0 Å². The second-order valence-corrected chi connectivity index (χ2v) is 13.5. The second-order valence-electron chi connectivity index (χ2n) is 13.5. The van der Waals surface area contributed by atoms with Gasteiger partial charge in [0.25, 0.3) is 16.8 Å². The maximum Gasteiger partial charge on any atom is 0.287 e. The molecule has 8 rings (SSSR count). The van der Waals surface area contributed by atoms with Crippen LogP contribution in [0.4, 0.5) is 22.7 Å². The third-order valence-corrected chi connectivity index (χ3v) is 9.48. The summed E-state index contributed by atoms with van der Waals surface area (Å²) in [6.07, 6.45) is 2.80. The van der Waals surface area contributed by atoms with Crippen molar-refractivity contribution in [2.24, 2.45) is 0 Å². The molecule has 0 radical (unpaired) electrons. The number of nitrogen functional groups attached to an aromatic ring is 1. The Balaban J connectivity index is 0.000000182. The van der Waals surface area contributed by atoms with Crippen molar-refractivity contribution < 1.29 is 14.6 Å². The number of anilines is 3. The minimum absolute atomic E-state index is 0.00631. The lowest BCUT2D eigenvalue weighted by Crippen LogP contribution is -2.28. The topological polar surface area (TPSA) is 207 Å². The summed E-state index contributed by atoms with van der Waals surface area (Å²) in [5, 5.41) is 19.0. The Morgan fingerprint density at radius 2 is 1.05 bits per heavy atom. The number of fused-ring (bicyclic) bond motifs is 2. The molecule has 0 unspecified atom stereocenters. The third-order valence-electron chi connectivity index (χ3n) is 9.48. The quantitative estimate of drug-likeness (QED) is 0.0678. The first-order valence-electron chi connectivity index (χ1n) is 18.8. The van der Waals surface area contributed by atoms with Crippen LogP contribution < -0.4 is 37.2 Å². The van der Waals surface area contributed by atoms with Gasteiger partial charge in [-0.15, -0.1) is 9.46 Å². The van der Waals surface area contributed by atoms with Crippen molar-refractivity contribution in [3.8, 4) is 0 Å². The van der Waals surface area contributed by atoms with Crippen LogP contribution in [0.5, 0.6) is 0 Å². The summed E-state index contributed by atoms with van der Waals surface area (Å²) in [5.41, 5.74) is 12.6. The zero-order chi connectivity index (χ0) is 42.0. The molecule has 8 aromatic rings. The van der Waals surface area contributed by atoms with Crippen molar-refractivity contribution >= 4 is 44.8 Å². The average Bonchev–Trinajstić information content (AvgIpc) is 3.25. The van der Waals surface area contributed by atoms with Crippen molar-refractivity contribution in [3.05, 3.63) is 198 Å². The van der Waals surface area contributed by atoms with E-state index in [1.54, 1.807) is 25.1 Å². The lowest BCUT2D eigenvalue weighted by atomic mass is 10.1. The maximum absolute atomic E-state index is 12.8. The number of rotatable bonds is 13. The number of nitro groups is 1. The summed E-state index contributed by atoms with van der Waals surface area (Å²) < 4.78 is 2.37. The first-order valence-corrected chi connectivity index (χ1v) is 18.8. The van der Waals surface area contributed by atoms with Crippen LogP contribution in [0.15, 0.2) is 144 Å². The summed E-state index contributed by atoms with van der Waals surface area (Å²) >= 11 is 0. The van der Waals surface area contributed by atoms with Gasteiger partial charge >= 0.3 is 0 Å². The predicted molar refractivity (Wildman–Crippen MR) is 229 cm³/mol. The molecule has 4 heterocycles. The van der Waals surface area contributed by atoms with Gasteiger partial charge in [-0.2, -0.15) is 0 Å². The molecule has 16 heteroatoms. The molecule has 0 saturated heterocycles. The van der Waals surface area contributed by atoms with Crippen LogP contribution >= 0.6 is 0 Å². The Hall–Kier alpha value is -8.14. The monoisotopic (exact) mass is 804 g/mol. The predicted octanol–water partition coefficient (Wildman–Crippen LogP) is 6.17. The standard InChI is InChI=1S/C22H19N5O4.C22H21N5O2/c1-15-21-18(23-12-17-9-5-6-10-19(17)27(29)30)11-20(28)26(22(21)25-14-24-15)31-13-16-7-3-2-4-8-16;1-15-21-19(24-12-17-9-5-6-10-18(17)23)11-20(28)27(22(21)26-14-25-15)29-13-16-7-3-2-4-8-16/h2-11,14,23H,12-13H2,1H3;2-11,14,24H,12-13,23H2,1H3. The van der Waals surface area contributed by atoms with Gasteiger partial charge in [-0.3, -0.25) is 19.7 Å². The molecule has 0 amide bonds. The van der Waals surface area contributed by atoms with E-state index in [4.69, 9.17) is 15.4 Å². The van der Waals surface area contributed by atoms with Crippen LogP contribution in [0.3, 0.4) is 0 Å². The highest BCUT2D eigenvalue weighted by Gasteiger charge is 2.18. The molecule has 0 aliphatic carbocycles. The van der Waals surface area contributed by atoms with Gasteiger partial charge in [0.05, 0.1) is 38.5 Å². The number of benzene rings is 4. The van der Waals surface area contributed by atoms with E-state index < -0.39 is 10.5 Å². The Morgan fingerprint density at radius 1 is 0.617 bits per heavy atom. The maximum atomic E-state index is 12.8. The Bertz CT molecular complexity index is 2910. The number of nitrogens with one attached hydrogen (secondary N) is 2. The third kappa shape index (κ3) is 9.18. The van der Waals surface area contributed by atoms with Crippen molar-refractivity contribution in [3.63, 3.8) is 0 Å². The van der Waals surface area contributed by atoms with Gasteiger partial charge in [0, 0.05) is 42.5 Å². The number of nitrogens with zero attached hydrogens (tertiary/aromatic N) is 7. The van der Waals surface area contributed by atoms with Gasteiger partial charge in [0.1, 0.15) is 25.9 Å². The number of pyridine rings is 2. The largest absolute Gasteiger partial charge is 0.404 e. The van der Waals surface area contributed by atoms with E-state index in [0.29, 0.717) is 51.5 Å². The summed E-state index contributed by atoms with van der Waals surface area (Å²) in [6, 6.07) is 36.1. The number of nitro benzene ring substituents is 1. The molecule has 302 valence electrons. The molecule has 0 saturated carbocycles. The van der Waals surface area contributed by atoms with Gasteiger partial charge in [-0.1, -0.05) is 97.1 Å². The van der Waals surface area contributed by atoms with Gasteiger partial charge in [-0.25, -0.2) is 19.9 Å². The molecule has 4 aromatic carbocycles. The Morgan fingerprint density at radius 3 is 1.53 bits per heavy atom. The molecule has 60 heavy (non-hydrogen) atoms. The number of nitrogens with two attached hydrogens (primary N) is 1. The molecule has 0 bridgehead atoms. The SMILES string of the molecule is Cc1ncnc2c1c(NCc1ccccc1N)cc(=O)n2OCc1ccccc1.Cc1ncnc2c1c(NCc1ccccc1[N+](=O)[O-])cc(=O)n2OCc1ccccc1. The highest BCUT2D eigenvalue weighted by Crippen LogP contribution is 2.26. The van der Waals surface area contributed by atoms with Crippen molar-refractivity contribution in [1.29, 1.82) is 0 Å². The van der Waals surface area contributed by atoms with Crippen LogP contribution in [-0.2, 0) is 26.3 Å². The average molecular weight is 805 g/mol. The fourth-order valence-corrected chi connectivity index (χ4v) is 6.45. The van der Waals surface area contributed by atoms with Crippen LogP contribution in [0.25, 0.3) is 22.1 Å². The molecule has 0 fully saturated rings. The number of para-hydroxylation sites is 2. The van der Waals surface area contributed by atoms with E-state index in [2.05, 4.69) is 30.6 Å². The molecule has 0 atom stereocenters. The van der Waals surface area contributed by atoms with Crippen molar-refractivity contribution in [2.75, 3.05) is 16.4 Å². The minimum atomic E-state index is -0.432. The van der Waals surface area contributed by atoms with Crippen molar-refractivity contribution in [2.45, 2.75) is 40.2 Å². The van der Waals surface area contributed by atoms with Crippen molar-refractivity contribution in [1.82, 2.24) is 29.4 Å². The zero-order valence-electron chi connectivity index (χ0n) is 32.7. The van der Waals surface area contributed by atoms with Gasteiger partial charge in [-0.05, 0) is 36.6 Å². The Kier molecular flexibility index (Phi) is 12.3. The lowest BCUT2D eigenvalue weighted by molar-refractivity contribution is -0.385. The fourth-order valence-electron chi connectivity index (χ4n) is 6.45. The molecular weight excluding hydrogens is 765 g/mol. The summed E-state index contributed by atoms with van der Waals surface area (Å²) in [6.45, 7) is 4.76. The summed E-state index contributed by atoms with van der Waals surface area (Å²) in [4.78, 5) is 65.0. The number of hydrogen-bond donors (Lipinski definition) is 3. The van der Waals surface area contributed by atoms with E-state index >= 15 is 0 Å². The molecule has 0 spiro atoms. The number of aromatic nitrogens is 6. The molecule has 4 aromatic heterocycles. The highest BCUT2D eigenvalue weighted by atomic mass is 16.7. The lowest BCUT2D eigenvalue weighted by Gasteiger charge is -2.16. The zero-order valence-corrected chi connectivity index (χ0v) is 32.7. The molecule has 4 N–H and O–H groups in total. The number of hydrogen-bond acceptors (Lipinski definition) is 13. The Labute approximate surface area is 343 Å². The van der Waals surface area contributed by atoms with Gasteiger partial charge < -0.3 is 26.0 Å². The van der Waals surface area contributed by atoms with E-state index in [1.165, 1.54) is 35.6 Å². The second kappa shape index (κ2) is 18.4. The first-order chi connectivity index (χ1) is 29.2. The molecular formula is C44H40N10O6. The minimum Gasteiger partial charge on any atom is -0.404 e. The summed E-state index contributed by atoms with van der Waals surface area (Å²) in [5.74, 6) is 0. The van der Waals surface area contributed by atoms with Crippen LogP contribution in [0.2, 0.25) is 0 Å². The first kappa shape index (κ1) is 40.1. The highest BCUT2D eigenvalue weighted by molar-refractivity contribution is 5.91. The van der Waals surface area contributed by atoms with Gasteiger partial charge in [0.2, 0.25) is 0 Å². The van der Waals surface area contributed by atoms with Crippen LogP contribution in [-0.4, -0.2) is 34.3 Å². The fraction of sp³-hybridized carbons (Fsp3) is 0.136. The van der Waals surface area contributed by atoms with Crippen LogP contribution in [0, 0.1) is 24.0 Å². The normalized spacial score (nSPS) is 10.8. The smallest absolute Gasteiger partial charge is 0.287 e. The molecule has 0 aliphatic heterocycles. The van der Waals surface area contributed by atoms with E-state index in [9.17, 15) is 19.7 Å². The number of aryl methyl sites for hydroxylation is 2. The van der Waals surface area contributed by atoms with Gasteiger partial charge in [0.15, 0.2) is 11.3 Å². The molecule has 16 nitrogen and oxygen atoms in total. The van der Waals surface area contributed by atoms with E-state index in [1.807, 2.05) is 91.9 Å².